The van der Waals surface area contributed by atoms with E-state index in [4.69, 9.17) is 10.5 Å². The zero-order valence-electron chi connectivity index (χ0n) is 10.2. The fourth-order valence-electron chi connectivity index (χ4n) is 1.46. The molecule has 7 nitrogen and oxygen atoms in total. The maximum absolute atomic E-state index is 11.2. The van der Waals surface area contributed by atoms with Crippen molar-refractivity contribution in [2.45, 2.75) is 19.4 Å². The normalized spacial score (nSPS) is 11.3. The second-order valence-electron chi connectivity index (χ2n) is 3.62. The van der Waals surface area contributed by atoms with Gasteiger partial charge < -0.3 is 15.6 Å². The lowest BCUT2D eigenvalue weighted by molar-refractivity contribution is -0.385. The number of phenolic OH excluding ortho intramolecular Hbond substituents is 1. The van der Waals surface area contributed by atoms with E-state index in [9.17, 15) is 20.0 Å². The maximum Gasteiger partial charge on any atom is 0.307 e. The van der Waals surface area contributed by atoms with Crippen LogP contribution in [0.5, 0.6) is 5.75 Å². The van der Waals surface area contributed by atoms with Gasteiger partial charge in [-0.2, -0.15) is 0 Å². The molecule has 106 valence electrons. The predicted molar refractivity (Wildman–Crippen MR) is 70.2 cm³/mol. The topological polar surface area (TPSA) is 116 Å². The second kappa shape index (κ2) is 7.55. The molecule has 8 heteroatoms. The number of carbonyl (C=O) groups is 1. The number of carbonyl (C=O) groups excluding carboxylic acids is 1. The summed E-state index contributed by atoms with van der Waals surface area (Å²) in [7, 11) is 0. The van der Waals surface area contributed by atoms with E-state index in [0.29, 0.717) is 0 Å². The van der Waals surface area contributed by atoms with Gasteiger partial charge in [0.05, 0.1) is 18.0 Å². The number of nitrogens with two attached hydrogens (primary N) is 1. The van der Waals surface area contributed by atoms with E-state index in [-0.39, 0.29) is 42.4 Å². The number of rotatable bonds is 5. The van der Waals surface area contributed by atoms with Gasteiger partial charge in [0.2, 0.25) is 0 Å². The summed E-state index contributed by atoms with van der Waals surface area (Å²) in [6.45, 7) is 1.89. The lowest BCUT2D eigenvalue weighted by Crippen LogP contribution is -2.17. The highest BCUT2D eigenvalue weighted by Gasteiger charge is 2.19. The van der Waals surface area contributed by atoms with E-state index in [2.05, 4.69) is 0 Å². The summed E-state index contributed by atoms with van der Waals surface area (Å²) in [5.74, 6) is -0.701. The minimum Gasteiger partial charge on any atom is -0.508 e. The number of nitro groups is 1. The number of aromatic hydroxyl groups is 1. The molecule has 3 N–H and O–H groups in total. The quantitative estimate of drug-likeness (QED) is 0.484. The van der Waals surface area contributed by atoms with Crippen molar-refractivity contribution in [3.05, 3.63) is 33.9 Å². The summed E-state index contributed by atoms with van der Waals surface area (Å²) >= 11 is 0. The molecule has 0 aliphatic rings. The highest BCUT2D eigenvalue weighted by Crippen LogP contribution is 2.28. The number of benzene rings is 1. The van der Waals surface area contributed by atoms with Crippen LogP contribution in [-0.4, -0.2) is 22.6 Å². The first-order valence-electron chi connectivity index (χ1n) is 5.34. The van der Waals surface area contributed by atoms with Crippen molar-refractivity contribution in [2.24, 2.45) is 5.73 Å². The van der Waals surface area contributed by atoms with E-state index in [1.54, 1.807) is 6.92 Å². The van der Waals surface area contributed by atoms with Crippen LogP contribution in [0, 0.1) is 10.1 Å². The minimum absolute atomic E-state index is 0. The largest absolute Gasteiger partial charge is 0.508 e. The molecule has 0 aliphatic heterocycles. The van der Waals surface area contributed by atoms with E-state index >= 15 is 0 Å². The van der Waals surface area contributed by atoms with Crippen LogP contribution in [0.3, 0.4) is 0 Å². The number of nitrogens with zero attached hydrogens (tertiary/aromatic N) is 1. The molecular formula is C11H15ClN2O5. The molecule has 0 saturated carbocycles. The van der Waals surface area contributed by atoms with Gasteiger partial charge in [-0.1, -0.05) is 0 Å². The molecule has 0 amide bonds. The third kappa shape index (κ3) is 4.72. The Morgan fingerprint density at radius 1 is 1.58 bits per heavy atom. The molecule has 0 heterocycles. The molecule has 0 fully saturated rings. The van der Waals surface area contributed by atoms with Gasteiger partial charge in [-0.3, -0.25) is 14.9 Å². The van der Waals surface area contributed by atoms with Crippen LogP contribution in [0.1, 0.15) is 24.9 Å². The van der Waals surface area contributed by atoms with Crippen molar-refractivity contribution in [1.29, 1.82) is 0 Å². The fourth-order valence-corrected chi connectivity index (χ4v) is 1.46. The maximum atomic E-state index is 11.2. The molecule has 1 aromatic carbocycles. The van der Waals surface area contributed by atoms with Crippen LogP contribution in [0.25, 0.3) is 0 Å². The van der Waals surface area contributed by atoms with Crippen molar-refractivity contribution < 1.29 is 19.6 Å². The molecule has 1 atom stereocenters. The lowest BCUT2D eigenvalue weighted by atomic mass is 10.0. The Hall–Kier alpha value is -1.86. The molecule has 1 aromatic rings. The van der Waals surface area contributed by atoms with Crippen molar-refractivity contribution in [1.82, 2.24) is 0 Å². The first-order valence-corrected chi connectivity index (χ1v) is 5.34. The molecule has 1 rings (SSSR count). The number of nitro benzene ring substituents is 1. The van der Waals surface area contributed by atoms with E-state index in [1.165, 1.54) is 6.07 Å². The van der Waals surface area contributed by atoms with Crippen LogP contribution in [0.2, 0.25) is 0 Å². The smallest absolute Gasteiger partial charge is 0.307 e. The zero-order valence-corrected chi connectivity index (χ0v) is 11.1. The van der Waals surface area contributed by atoms with Crippen LogP contribution in [-0.2, 0) is 9.53 Å². The number of ether oxygens (including phenoxy) is 1. The van der Waals surface area contributed by atoms with Crippen LogP contribution < -0.4 is 5.73 Å². The van der Waals surface area contributed by atoms with E-state index in [0.717, 1.165) is 12.1 Å². The molecular weight excluding hydrogens is 276 g/mol. The van der Waals surface area contributed by atoms with Crippen molar-refractivity contribution in [2.75, 3.05) is 6.61 Å². The summed E-state index contributed by atoms with van der Waals surface area (Å²) in [6, 6.07) is 2.65. The summed E-state index contributed by atoms with van der Waals surface area (Å²) in [6.07, 6.45) is -0.150. The Morgan fingerprint density at radius 3 is 2.74 bits per heavy atom. The van der Waals surface area contributed by atoms with Gasteiger partial charge in [0, 0.05) is 23.7 Å². The first kappa shape index (κ1) is 17.1. The summed E-state index contributed by atoms with van der Waals surface area (Å²) in [4.78, 5) is 21.2. The molecule has 19 heavy (non-hydrogen) atoms. The van der Waals surface area contributed by atoms with Crippen LogP contribution in [0.15, 0.2) is 18.2 Å². The van der Waals surface area contributed by atoms with Crippen molar-refractivity contribution >= 4 is 24.1 Å². The minimum atomic E-state index is -0.844. The second-order valence-corrected chi connectivity index (χ2v) is 3.62. The number of hydrogen-bond acceptors (Lipinski definition) is 6. The SMILES string of the molecule is CCOC(=O)C[C@@H](N)c1cc([N+](=O)[O-])ccc1O.Cl. The third-order valence-electron chi connectivity index (χ3n) is 2.31. The number of halogens is 1. The lowest BCUT2D eigenvalue weighted by Gasteiger charge is -2.12. The zero-order chi connectivity index (χ0) is 13.7. The Kier molecular flexibility index (Phi) is 6.81. The van der Waals surface area contributed by atoms with Crippen molar-refractivity contribution in [3.63, 3.8) is 0 Å². The first-order chi connectivity index (χ1) is 8.45. The van der Waals surface area contributed by atoms with Gasteiger partial charge in [0.1, 0.15) is 5.75 Å². The third-order valence-corrected chi connectivity index (χ3v) is 2.31. The van der Waals surface area contributed by atoms with Crippen LogP contribution >= 0.6 is 12.4 Å². The molecule has 0 bridgehead atoms. The average molecular weight is 291 g/mol. The van der Waals surface area contributed by atoms with E-state index in [1.807, 2.05) is 0 Å². The standard InChI is InChI=1S/C11H14N2O5.ClH/c1-2-18-11(15)6-9(12)8-5-7(13(16)17)3-4-10(8)14;/h3-5,9,14H,2,6,12H2,1H3;1H/t9-;/m1./s1. The monoisotopic (exact) mass is 290 g/mol. The predicted octanol–water partition coefficient (Wildman–Crippen LogP) is 1.68. The number of phenols is 1. The molecule has 0 aliphatic carbocycles. The van der Waals surface area contributed by atoms with Crippen LogP contribution in [0.4, 0.5) is 5.69 Å². The highest BCUT2D eigenvalue weighted by molar-refractivity contribution is 5.85. The molecule has 0 aromatic heterocycles. The Labute approximate surface area is 115 Å². The van der Waals surface area contributed by atoms with Crippen molar-refractivity contribution in [3.8, 4) is 5.75 Å². The fraction of sp³-hybridized carbons (Fsp3) is 0.364. The number of non-ortho nitro benzene ring substituents is 1. The number of hydrogen-bond donors (Lipinski definition) is 2. The summed E-state index contributed by atoms with van der Waals surface area (Å²) < 4.78 is 4.72. The Bertz CT molecular complexity index is 466. The summed E-state index contributed by atoms with van der Waals surface area (Å²) in [5.41, 5.74) is 5.67. The van der Waals surface area contributed by atoms with Gasteiger partial charge >= 0.3 is 5.97 Å². The van der Waals surface area contributed by atoms with E-state index < -0.39 is 16.9 Å². The number of esters is 1. The molecule has 0 radical (unpaired) electrons. The van der Waals surface area contributed by atoms with Gasteiger partial charge in [0.15, 0.2) is 0 Å². The Morgan fingerprint density at radius 2 is 2.21 bits per heavy atom. The molecule has 0 saturated heterocycles. The highest BCUT2D eigenvalue weighted by atomic mass is 35.5. The average Bonchev–Trinajstić information content (AvgIpc) is 2.29. The molecule has 0 spiro atoms. The van der Waals surface area contributed by atoms with Gasteiger partial charge in [-0.05, 0) is 13.0 Å². The Balaban J connectivity index is 0.00000324. The summed E-state index contributed by atoms with van der Waals surface area (Å²) in [5, 5.41) is 20.2. The molecule has 0 unspecified atom stereocenters. The van der Waals surface area contributed by atoms with Gasteiger partial charge in [0.25, 0.3) is 5.69 Å². The van der Waals surface area contributed by atoms with Gasteiger partial charge in [-0.15, -0.1) is 12.4 Å². The van der Waals surface area contributed by atoms with Gasteiger partial charge in [-0.25, -0.2) is 0 Å².